The molecule has 1 fully saturated rings. The van der Waals surface area contributed by atoms with Crippen LogP contribution in [0.5, 0.6) is 0 Å². The van der Waals surface area contributed by atoms with Crippen LogP contribution in [0.3, 0.4) is 0 Å². The Morgan fingerprint density at radius 3 is 2.95 bits per heavy atom. The summed E-state index contributed by atoms with van der Waals surface area (Å²) in [6, 6.07) is 6.95. The molecule has 2 atom stereocenters. The molecule has 1 saturated heterocycles. The van der Waals surface area contributed by atoms with Gasteiger partial charge in [-0.05, 0) is 31.4 Å². The van der Waals surface area contributed by atoms with E-state index in [0.29, 0.717) is 30.6 Å². The summed E-state index contributed by atoms with van der Waals surface area (Å²) in [6.07, 6.45) is 1.49. The molecule has 2 unspecified atom stereocenters. The molecule has 5 nitrogen and oxygen atoms in total. The number of hydrogen-bond acceptors (Lipinski definition) is 4. The monoisotopic (exact) mass is 328 g/mol. The lowest BCUT2D eigenvalue weighted by Gasteiger charge is -2.27. The molecule has 21 heavy (non-hydrogen) atoms. The molecule has 0 bridgehead atoms. The number of sulfonamides is 1. The number of benzene rings is 1. The number of hydrogen-bond donors (Lipinski definition) is 2. The van der Waals surface area contributed by atoms with Gasteiger partial charge in [0.1, 0.15) is 4.99 Å². The normalized spacial score (nSPS) is 22.9. The van der Waals surface area contributed by atoms with Crippen molar-refractivity contribution in [2.24, 2.45) is 5.73 Å². The molecule has 116 valence electrons. The zero-order valence-electron chi connectivity index (χ0n) is 11.9. The fourth-order valence-corrected chi connectivity index (χ4v) is 3.99. The zero-order chi connectivity index (χ0) is 15.5. The lowest BCUT2D eigenvalue weighted by molar-refractivity contribution is 0.0173. The third kappa shape index (κ3) is 5.03. The minimum Gasteiger partial charge on any atom is -0.389 e. The summed E-state index contributed by atoms with van der Waals surface area (Å²) in [5, 5.41) is 0. The maximum Gasteiger partial charge on any atom is 0.216 e. The molecule has 1 aliphatic rings. The van der Waals surface area contributed by atoms with Crippen LogP contribution < -0.4 is 10.5 Å². The van der Waals surface area contributed by atoms with Crippen molar-refractivity contribution in [2.45, 2.75) is 37.7 Å². The van der Waals surface area contributed by atoms with Crippen LogP contribution in [0.25, 0.3) is 0 Å². The van der Waals surface area contributed by atoms with E-state index in [1.165, 1.54) is 0 Å². The van der Waals surface area contributed by atoms with Crippen molar-refractivity contribution in [2.75, 3.05) is 6.61 Å². The number of ether oxygens (including phenoxy) is 1. The van der Waals surface area contributed by atoms with Gasteiger partial charge in [-0.2, -0.15) is 0 Å². The summed E-state index contributed by atoms with van der Waals surface area (Å²) in [6.45, 7) is 2.54. The summed E-state index contributed by atoms with van der Waals surface area (Å²) in [5.74, 6) is -0.0742. The van der Waals surface area contributed by atoms with Gasteiger partial charge in [-0.15, -0.1) is 0 Å². The van der Waals surface area contributed by atoms with Crippen molar-refractivity contribution < 1.29 is 13.2 Å². The van der Waals surface area contributed by atoms with Crippen molar-refractivity contribution in [1.82, 2.24) is 4.72 Å². The largest absolute Gasteiger partial charge is 0.389 e. The van der Waals surface area contributed by atoms with Crippen LogP contribution in [0.15, 0.2) is 24.3 Å². The topological polar surface area (TPSA) is 81.4 Å². The van der Waals surface area contributed by atoms with E-state index < -0.39 is 10.0 Å². The fraction of sp³-hybridized carbons (Fsp3) is 0.500. The third-order valence-electron chi connectivity index (χ3n) is 3.40. The highest BCUT2D eigenvalue weighted by Gasteiger charge is 2.24. The Bertz CT molecular complexity index is 616. The molecule has 7 heteroatoms. The van der Waals surface area contributed by atoms with Gasteiger partial charge in [0.15, 0.2) is 0 Å². The number of rotatable bonds is 5. The molecule has 0 amide bonds. The molecule has 0 aromatic heterocycles. The molecular weight excluding hydrogens is 308 g/mol. The Hall–Kier alpha value is -1.02. The van der Waals surface area contributed by atoms with Crippen molar-refractivity contribution in [3.05, 3.63) is 35.4 Å². The van der Waals surface area contributed by atoms with Crippen LogP contribution in [0.1, 0.15) is 30.9 Å². The molecule has 1 heterocycles. The summed E-state index contributed by atoms with van der Waals surface area (Å²) < 4.78 is 32.7. The van der Waals surface area contributed by atoms with Crippen LogP contribution in [-0.4, -0.2) is 32.2 Å². The standard InChI is InChI=1S/C14H20N2O3S2/c1-10-7-13(5-6-19-10)16-21(17,18)9-11-3-2-4-12(8-11)14(15)20/h2-4,8,10,13,16H,5-7,9H2,1H3,(H2,15,20). The van der Waals surface area contributed by atoms with E-state index in [9.17, 15) is 8.42 Å². The van der Waals surface area contributed by atoms with Gasteiger partial charge in [0.2, 0.25) is 10.0 Å². The number of thiocarbonyl (C=S) groups is 1. The first kappa shape index (κ1) is 16.4. The van der Waals surface area contributed by atoms with E-state index in [4.69, 9.17) is 22.7 Å². The van der Waals surface area contributed by atoms with Crippen molar-refractivity contribution in [3.8, 4) is 0 Å². The first-order chi connectivity index (χ1) is 9.85. The van der Waals surface area contributed by atoms with E-state index in [1.54, 1.807) is 24.3 Å². The van der Waals surface area contributed by atoms with Crippen molar-refractivity contribution >= 4 is 27.2 Å². The predicted molar refractivity (Wildman–Crippen MR) is 86.5 cm³/mol. The molecule has 2 rings (SSSR count). The van der Waals surface area contributed by atoms with Gasteiger partial charge in [-0.25, -0.2) is 13.1 Å². The van der Waals surface area contributed by atoms with Gasteiger partial charge in [0.25, 0.3) is 0 Å². The molecular formula is C14H20N2O3S2. The van der Waals surface area contributed by atoms with Crippen LogP contribution in [0.2, 0.25) is 0 Å². The van der Waals surface area contributed by atoms with E-state index in [-0.39, 0.29) is 22.9 Å². The molecule has 1 aromatic rings. The molecule has 0 aliphatic carbocycles. The van der Waals surface area contributed by atoms with Gasteiger partial charge >= 0.3 is 0 Å². The highest BCUT2D eigenvalue weighted by atomic mass is 32.2. The minimum absolute atomic E-state index is 0.0579. The van der Waals surface area contributed by atoms with E-state index in [2.05, 4.69) is 4.72 Å². The minimum atomic E-state index is -3.39. The average molecular weight is 328 g/mol. The first-order valence-corrected chi connectivity index (χ1v) is 8.92. The molecule has 3 N–H and O–H groups in total. The Kier molecular flexibility index (Phi) is 5.32. The molecule has 0 radical (unpaired) electrons. The van der Waals surface area contributed by atoms with Crippen LogP contribution in [0, 0.1) is 0 Å². The second-order valence-electron chi connectivity index (χ2n) is 5.34. The maximum absolute atomic E-state index is 12.2. The van der Waals surface area contributed by atoms with Crippen molar-refractivity contribution in [1.29, 1.82) is 0 Å². The zero-order valence-corrected chi connectivity index (χ0v) is 13.5. The maximum atomic E-state index is 12.2. The quantitative estimate of drug-likeness (QED) is 0.797. The molecule has 1 aromatic carbocycles. The summed E-state index contributed by atoms with van der Waals surface area (Å²) in [4.78, 5) is 0.264. The SMILES string of the molecule is CC1CC(NS(=O)(=O)Cc2cccc(C(N)=S)c2)CCO1. The molecule has 0 spiro atoms. The van der Waals surface area contributed by atoms with Gasteiger partial charge in [0.05, 0.1) is 11.9 Å². The summed E-state index contributed by atoms with van der Waals surface area (Å²) >= 11 is 4.91. The first-order valence-electron chi connectivity index (χ1n) is 6.86. The van der Waals surface area contributed by atoms with Crippen LogP contribution in [-0.2, 0) is 20.5 Å². The smallest absolute Gasteiger partial charge is 0.216 e. The Balaban J connectivity index is 2.03. The summed E-state index contributed by atoms with van der Waals surface area (Å²) in [7, 11) is -3.39. The van der Waals surface area contributed by atoms with Crippen LogP contribution in [0.4, 0.5) is 0 Å². The van der Waals surface area contributed by atoms with Gasteiger partial charge < -0.3 is 10.5 Å². The lowest BCUT2D eigenvalue weighted by atomic mass is 10.1. The number of nitrogens with two attached hydrogens (primary N) is 1. The second kappa shape index (κ2) is 6.83. The van der Waals surface area contributed by atoms with Gasteiger partial charge in [0, 0.05) is 18.2 Å². The van der Waals surface area contributed by atoms with E-state index in [0.717, 1.165) is 0 Å². The molecule has 1 aliphatic heterocycles. The van der Waals surface area contributed by atoms with Crippen molar-refractivity contribution in [3.63, 3.8) is 0 Å². The fourth-order valence-electron chi connectivity index (χ4n) is 2.43. The average Bonchev–Trinajstić information content (AvgIpc) is 2.37. The highest BCUT2D eigenvalue weighted by Crippen LogP contribution is 2.15. The summed E-state index contributed by atoms with van der Waals surface area (Å²) in [5.41, 5.74) is 6.92. The molecule has 0 saturated carbocycles. The van der Waals surface area contributed by atoms with E-state index in [1.807, 2.05) is 6.92 Å². The third-order valence-corrected chi connectivity index (χ3v) is 5.04. The highest BCUT2D eigenvalue weighted by molar-refractivity contribution is 7.88. The lowest BCUT2D eigenvalue weighted by Crippen LogP contribution is -2.41. The Morgan fingerprint density at radius 1 is 1.52 bits per heavy atom. The van der Waals surface area contributed by atoms with Gasteiger partial charge in [-0.1, -0.05) is 30.4 Å². The van der Waals surface area contributed by atoms with E-state index >= 15 is 0 Å². The number of nitrogens with one attached hydrogen (secondary N) is 1. The van der Waals surface area contributed by atoms with Crippen LogP contribution >= 0.6 is 12.2 Å². The Morgan fingerprint density at radius 2 is 2.29 bits per heavy atom. The Labute approximate surface area is 130 Å². The second-order valence-corrected chi connectivity index (χ2v) is 7.54. The predicted octanol–water partition coefficient (Wildman–Crippen LogP) is 1.31. The van der Waals surface area contributed by atoms with Gasteiger partial charge in [-0.3, -0.25) is 0 Å².